The van der Waals surface area contributed by atoms with Crippen LogP contribution in [0.3, 0.4) is 0 Å². The van der Waals surface area contributed by atoms with Crippen LogP contribution in [0.5, 0.6) is 11.8 Å². The molecule has 2 aromatic carbocycles. The van der Waals surface area contributed by atoms with Crippen molar-refractivity contribution < 1.29 is 18.7 Å². The first-order valence-electron chi connectivity index (χ1n) is 11.3. The first-order valence-corrected chi connectivity index (χ1v) is 11.7. The number of carbonyl (C=O) groups excluding carboxylic acids is 1. The number of amides is 1. The number of nitrogens with zero attached hydrogens (tertiary/aromatic N) is 5. The van der Waals surface area contributed by atoms with Crippen LogP contribution in [0, 0.1) is 0 Å². The van der Waals surface area contributed by atoms with Crippen LogP contribution in [-0.2, 0) is 4.79 Å². The molecule has 0 N–H and O–H groups in total. The standard InChI is InChI=1S/C26H23ClFN5O3/c1-15(28)25(34)33-12-10-32(11-13-33)24-22-21(30-26(31-24)36-3)23(35-2)18(14-29-22)17-8-4-6-16-7-5-9-19(27)20(16)17/h4-9,14H,1,10-13H2,2-3H3. The number of carbonyl (C=O) groups is 1. The summed E-state index contributed by atoms with van der Waals surface area (Å²) in [6, 6.07) is 11.8. The van der Waals surface area contributed by atoms with Crippen LogP contribution >= 0.6 is 11.6 Å². The molecule has 10 heteroatoms. The number of fused-ring (bicyclic) bond motifs is 2. The lowest BCUT2D eigenvalue weighted by Crippen LogP contribution is -2.49. The second-order valence-corrected chi connectivity index (χ2v) is 8.67. The number of methoxy groups -OCH3 is 2. The molecule has 1 fully saturated rings. The quantitative estimate of drug-likeness (QED) is 0.364. The van der Waals surface area contributed by atoms with Crippen LogP contribution in [0.15, 0.2) is 55.0 Å². The predicted octanol–water partition coefficient (Wildman–Crippen LogP) is 4.65. The number of hydrogen-bond acceptors (Lipinski definition) is 7. The van der Waals surface area contributed by atoms with Crippen molar-refractivity contribution in [1.82, 2.24) is 19.9 Å². The number of aromatic nitrogens is 3. The van der Waals surface area contributed by atoms with Crippen molar-refractivity contribution in [3.63, 3.8) is 0 Å². The second-order valence-electron chi connectivity index (χ2n) is 8.26. The molecule has 1 aliphatic rings. The molecule has 0 radical (unpaired) electrons. The normalized spacial score (nSPS) is 13.8. The molecular formula is C26H23ClFN5O3. The lowest BCUT2D eigenvalue weighted by molar-refractivity contribution is -0.128. The zero-order valence-electron chi connectivity index (χ0n) is 19.8. The molecule has 1 aliphatic heterocycles. The number of anilines is 1. The maximum atomic E-state index is 13.3. The average molecular weight is 508 g/mol. The van der Waals surface area contributed by atoms with Crippen molar-refractivity contribution in [3.05, 3.63) is 60.0 Å². The fourth-order valence-corrected chi connectivity index (χ4v) is 4.82. The molecule has 0 bridgehead atoms. The SMILES string of the molecule is C=C(F)C(=O)N1CCN(c2nc(OC)nc3c(OC)c(-c4cccc5cccc(Cl)c45)cnc23)CC1. The van der Waals surface area contributed by atoms with Gasteiger partial charge in [0.2, 0.25) is 0 Å². The Bertz CT molecular complexity index is 1500. The zero-order valence-corrected chi connectivity index (χ0v) is 20.5. The highest BCUT2D eigenvalue weighted by atomic mass is 35.5. The van der Waals surface area contributed by atoms with Gasteiger partial charge in [0, 0.05) is 48.3 Å². The van der Waals surface area contributed by atoms with Crippen LogP contribution in [0.4, 0.5) is 10.2 Å². The maximum absolute atomic E-state index is 13.3. The summed E-state index contributed by atoms with van der Waals surface area (Å²) in [6.45, 7) is 4.60. The van der Waals surface area contributed by atoms with E-state index in [4.69, 9.17) is 26.1 Å². The summed E-state index contributed by atoms with van der Waals surface area (Å²) >= 11 is 6.58. The minimum Gasteiger partial charge on any atom is -0.494 e. The molecule has 1 saturated heterocycles. The topological polar surface area (TPSA) is 80.7 Å². The summed E-state index contributed by atoms with van der Waals surface area (Å²) in [7, 11) is 3.07. The maximum Gasteiger partial charge on any atom is 0.318 e. The fraction of sp³-hybridized carbons (Fsp3) is 0.231. The van der Waals surface area contributed by atoms with E-state index in [-0.39, 0.29) is 6.01 Å². The van der Waals surface area contributed by atoms with Gasteiger partial charge in [-0.3, -0.25) is 4.79 Å². The largest absolute Gasteiger partial charge is 0.494 e. The van der Waals surface area contributed by atoms with Crippen LogP contribution < -0.4 is 14.4 Å². The van der Waals surface area contributed by atoms with Crippen molar-refractivity contribution in [2.45, 2.75) is 0 Å². The van der Waals surface area contributed by atoms with Crippen LogP contribution in [0.2, 0.25) is 5.02 Å². The van der Waals surface area contributed by atoms with E-state index in [0.717, 1.165) is 21.9 Å². The third kappa shape index (κ3) is 4.05. The van der Waals surface area contributed by atoms with Crippen molar-refractivity contribution in [1.29, 1.82) is 0 Å². The number of hydrogen-bond donors (Lipinski definition) is 0. The van der Waals surface area contributed by atoms with E-state index < -0.39 is 11.7 Å². The smallest absolute Gasteiger partial charge is 0.318 e. The first kappa shape index (κ1) is 23.7. The van der Waals surface area contributed by atoms with Gasteiger partial charge in [0.05, 0.1) is 14.2 Å². The third-order valence-electron chi connectivity index (χ3n) is 6.26. The van der Waals surface area contributed by atoms with Crippen LogP contribution in [0.1, 0.15) is 0 Å². The molecule has 0 aliphatic carbocycles. The van der Waals surface area contributed by atoms with Crippen molar-refractivity contribution in [2.24, 2.45) is 0 Å². The van der Waals surface area contributed by atoms with Gasteiger partial charge < -0.3 is 19.3 Å². The van der Waals surface area contributed by atoms with E-state index in [1.165, 1.54) is 12.0 Å². The number of piperazine rings is 1. The highest BCUT2D eigenvalue weighted by molar-refractivity contribution is 6.36. The van der Waals surface area contributed by atoms with Gasteiger partial charge in [-0.1, -0.05) is 48.5 Å². The number of pyridine rings is 1. The summed E-state index contributed by atoms with van der Waals surface area (Å²) in [4.78, 5) is 29.2. The zero-order chi connectivity index (χ0) is 25.4. The van der Waals surface area contributed by atoms with E-state index in [1.54, 1.807) is 13.3 Å². The molecule has 0 spiro atoms. The Hall–Kier alpha value is -3.98. The van der Waals surface area contributed by atoms with E-state index >= 15 is 0 Å². The molecule has 8 nitrogen and oxygen atoms in total. The summed E-state index contributed by atoms with van der Waals surface area (Å²) in [5.74, 6) is -0.608. The van der Waals surface area contributed by atoms with Crippen LogP contribution in [-0.4, -0.2) is 66.2 Å². The lowest BCUT2D eigenvalue weighted by Gasteiger charge is -2.35. The van der Waals surface area contributed by atoms with Crippen molar-refractivity contribution >= 4 is 45.1 Å². The monoisotopic (exact) mass is 507 g/mol. The Morgan fingerprint density at radius 3 is 2.39 bits per heavy atom. The van der Waals surface area contributed by atoms with E-state index in [1.807, 2.05) is 41.3 Å². The van der Waals surface area contributed by atoms with Gasteiger partial charge in [-0.25, -0.2) is 9.37 Å². The summed E-state index contributed by atoms with van der Waals surface area (Å²) in [5, 5.41) is 2.50. The van der Waals surface area contributed by atoms with Gasteiger partial charge >= 0.3 is 6.01 Å². The number of halogens is 2. The molecule has 36 heavy (non-hydrogen) atoms. The van der Waals surface area contributed by atoms with Gasteiger partial charge in [0.25, 0.3) is 5.91 Å². The Kier molecular flexibility index (Phi) is 6.32. The molecular weight excluding hydrogens is 485 g/mol. The van der Waals surface area contributed by atoms with Gasteiger partial charge in [-0.2, -0.15) is 9.97 Å². The van der Waals surface area contributed by atoms with E-state index in [9.17, 15) is 9.18 Å². The number of benzene rings is 2. The molecule has 3 heterocycles. The Morgan fingerprint density at radius 2 is 1.72 bits per heavy atom. The molecule has 0 atom stereocenters. The Labute approximate surface area is 211 Å². The molecule has 1 amide bonds. The Morgan fingerprint density at radius 1 is 1.00 bits per heavy atom. The number of ether oxygens (including phenoxy) is 2. The molecule has 4 aromatic rings. The average Bonchev–Trinajstić information content (AvgIpc) is 2.91. The van der Waals surface area contributed by atoms with Crippen LogP contribution in [0.25, 0.3) is 32.9 Å². The molecule has 184 valence electrons. The summed E-state index contributed by atoms with van der Waals surface area (Å²) in [5.41, 5.74) is 2.60. The lowest BCUT2D eigenvalue weighted by atomic mass is 9.98. The molecule has 2 aromatic heterocycles. The fourth-order valence-electron chi connectivity index (χ4n) is 4.54. The summed E-state index contributed by atoms with van der Waals surface area (Å²) < 4.78 is 24.6. The van der Waals surface area contributed by atoms with E-state index in [2.05, 4.69) is 16.5 Å². The second kappa shape index (κ2) is 9.58. The molecule has 0 unspecified atom stereocenters. The third-order valence-corrected chi connectivity index (χ3v) is 6.57. The number of rotatable bonds is 5. The predicted molar refractivity (Wildman–Crippen MR) is 137 cm³/mol. The minimum absolute atomic E-state index is 0.154. The Balaban J connectivity index is 1.64. The summed E-state index contributed by atoms with van der Waals surface area (Å²) in [6.07, 6.45) is 1.73. The van der Waals surface area contributed by atoms with Gasteiger partial charge in [-0.15, -0.1) is 0 Å². The van der Waals surface area contributed by atoms with Gasteiger partial charge in [0.15, 0.2) is 17.4 Å². The van der Waals surface area contributed by atoms with Gasteiger partial charge in [-0.05, 0) is 17.0 Å². The van der Waals surface area contributed by atoms with Crippen molar-refractivity contribution in [2.75, 3.05) is 45.3 Å². The molecule has 0 saturated carbocycles. The highest BCUT2D eigenvalue weighted by Crippen LogP contribution is 2.42. The minimum atomic E-state index is -0.968. The molecule has 5 rings (SSSR count). The van der Waals surface area contributed by atoms with Crippen molar-refractivity contribution in [3.8, 4) is 22.9 Å². The van der Waals surface area contributed by atoms with E-state index in [0.29, 0.717) is 53.8 Å². The highest BCUT2D eigenvalue weighted by Gasteiger charge is 2.27. The van der Waals surface area contributed by atoms with Gasteiger partial charge in [0.1, 0.15) is 11.0 Å². The first-order chi connectivity index (χ1) is 17.4.